The molecule has 2 saturated heterocycles. The molecule has 0 spiro atoms. The number of nitrogens with zero attached hydrogens (tertiary/aromatic N) is 3. The van der Waals surface area contributed by atoms with Crippen molar-refractivity contribution in [2.45, 2.75) is 38.5 Å². The van der Waals surface area contributed by atoms with Gasteiger partial charge in [0.2, 0.25) is 0 Å². The minimum Gasteiger partial charge on any atom is -0.433 e. The maximum absolute atomic E-state index is 12.7. The number of halogens is 2. The van der Waals surface area contributed by atoms with Gasteiger partial charge in [-0.15, -0.1) is 0 Å². The molecule has 5 rings (SSSR count). The molecule has 2 aromatic carbocycles. The molecule has 1 amide bonds. The van der Waals surface area contributed by atoms with Crippen molar-refractivity contribution in [3.05, 3.63) is 101 Å². The highest BCUT2D eigenvalue weighted by molar-refractivity contribution is 6.12. The molecule has 3 heterocycles. The number of carbonyl (C=O) groups excluding carboxylic acids is 1. The van der Waals surface area contributed by atoms with Crippen LogP contribution >= 0.6 is 0 Å². The minimum absolute atomic E-state index is 0.00978. The number of piperidine rings is 2. The predicted molar refractivity (Wildman–Crippen MR) is 152 cm³/mol. The van der Waals surface area contributed by atoms with Crippen LogP contribution in [0.15, 0.2) is 95.3 Å². The van der Waals surface area contributed by atoms with E-state index in [0.717, 1.165) is 11.1 Å². The molecule has 8 nitrogen and oxygen atoms in total. The van der Waals surface area contributed by atoms with E-state index < -0.39 is 24.5 Å². The molecule has 2 fully saturated rings. The lowest BCUT2D eigenvalue weighted by Crippen LogP contribution is -2.51. The number of benzene rings is 2. The zero-order valence-electron chi connectivity index (χ0n) is 22.7. The summed E-state index contributed by atoms with van der Waals surface area (Å²) in [5.41, 5.74) is 10.0. The second-order valence-electron chi connectivity index (χ2n) is 10.3. The molecule has 1 aromatic heterocycles. The summed E-state index contributed by atoms with van der Waals surface area (Å²) in [6.07, 6.45) is 1.46. The van der Waals surface area contributed by atoms with Crippen molar-refractivity contribution in [3.63, 3.8) is 0 Å². The smallest absolute Gasteiger partial charge is 0.387 e. The second kappa shape index (κ2) is 12.5. The Morgan fingerprint density at radius 2 is 1.66 bits per heavy atom. The van der Waals surface area contributed by atoms with Crippen LogP contribution in [0.25, 0.3) is 0 Å². The predicted octanol–water partition coefficient (Wildman–Crippen LogP) is 4.43. The number of aromatic nitrogens is 1. The van der Waals surface area contributed by atoms with E-state index in [2.05, 4.69) is 19.9 Å². The summed E-state index contributed by atoms with van der Waals surface area (Å²) in [6, 6.07) is 22.4. The van der Waals surface area contributed by atoms with Crippen molar-refractivity contribution < 1.29 is 23.4 Å². The van der Waals surface area contributed by atoms with Gasteiger partial charge in [0.15, 0.2) is 0 Å². The van der Waals surface area contributed by atoms with Crippen LogP contribution in [0.3, 0.4) is 0 Å². The standard InChI is InChI=1S/C31H33F2N5O3/c1-19-25(26(34)20-14-16-38(17-15-20)24-13-12-23(18-35-24)41-31(32)33)29(37-30(40)28(19)39)36-27(21-8-4-2-5-9-21)22-10-6-3-7-11-22/h2-13,18-20,27-28,31,39H,14-17,34H2,1H3,(H,36,37,40)/t19-,28-/m0/s1. The highest BCUT2D eigenvalue weighted by atomic mass is 19.3. The van der Waals surface area contributed by atoms with Gasteiger partial charge in [0.25, 0.3) is 5.91 Å². The topological polar surface area (TPSA) is 113 Å². The van der Waals surface area contributed by atoms with Crippen LogP contribution in [0, 0.1) is 11.8 Å². The van der Waals surface area contributed by atoms with Crippen molar-refractivity contribution >= 4 is 17.6 Å². The number of alkyl halides is 2. The fourth-order valence-corrected chi connectivity index (χ4v) is 5.47. The zero-order valence-corrected chi connectivity index (χ0v) is 22.7. The van der Waals surface area contributed by atoms with Gasteiger partial charge in [-0.05, 0) is 36.1 Å². The molecule has 2 aliphatic heterocycles. The summed E-state index contributed by atoms with van der Waals surface area (Å²) in [4.78, 5) is 24.1. The summed E-state index contributed by atoms with van der Waals surface area (Å²) in [5.74, 6) is -0.00720. The number of pyridine rings is 1. The van der Waals surface area contributed by atoms with Crippen molar-refractivity contribution in [2.75, 3.05) is 18.0 Å². The van der Waals surface area contributed by atoms with Gasteiger partial charge >= 0.3 is 6.61 Å². The highest BCUT2D eigenvalue weighted by Crippen LogP contribution is 2.34. The monoisotopic (exact) mass is 561 g/mol. The number of nitrogens with one attached hydrogen (secondary N) is 1. The lowest BCUT2D eigenvalue weighted by molar-refractivity contribution is -0.130. The third kappa shape index (κ3) is 6.38. The average molecular weight is 562 g/mol. The number of aliphatic imine (C=N–C) groups is 1. The number of allylic oxidation sites excluding steroid dienone is 1. The van der Waals surface area contributed by atoms with Gasteiger partial charge in [-0.2, -0.15) is 8.78 Å². The van der Waals surface area contributed by atoms with Crippen molar-refractivity contribution in [1.29, 1.82) is 0 Å². The Balaban J connectivity index is 1.43. The molecule has 0 saturated carbocycles. The third-order valence-electron chi connectivity index (χ3n) is 7.70. The number of rotatable bonds is 7. The summed E-state index contributed by atoms with van der Waals surface area (Å²) in [5, 5.41) is 13.5. The Kier molecular flexibility index (Phi) is 8.58. The van der Waals surface area contributed by atoms with Crippen molar-refractivity contribution in [3.8, 4) is 5.75 Å². The van der Waals surface area contributed by atoms with E-state index >= 15 is 0 Å². The van der Waals surface area contributed by atoms with E-state index in [0.29, 0.717) is 48.9 Å². The molecule has 214 valence electrons. The molecule has 0 aliphatic carbocycles. The molecule has 2 atom stereocenters. The SMILES string of the molecule is C[C@H]1C(=C(N)C2CCN(c3ccc(OC(F)F)cn3)CC2)C(=NC(c2ccccc2)c2ccccc2)NC(=O)[C@H]1O. The van der Waals surface area contributed by atoms with Gasteiger partial charge in [0, 0.05) is 36.2 Å². The molecule has 4 N–H and O–H groups in total. The van der Waals surface area contributed by atoms with Crippen LogP contribution in [-0.2, 0) is 4.79 Å². The molecule has 10 heteroatoms. The van der Waals surface area contributed by atoms with Gasteiger partial charge in [-0.3, -0.25) is 9.79 Å². The number of amidine groups is 1. The average Bonchev–Trinajstić information content (AvgIpc) is 2.99. The normalized spacial score (nSPS) is 22.2. The number of carbonyl (C=O) groups is 1. The van der Waals surface area contributed by atoms with E-state index in [-0.39, 0.29) is 17.7 Å². The Morgan fingerprint density at radius 3 is 2.20 bits per heavy atom. The van der Waals surface area contributed by atoms with Gasteiger partial charge in [0.05, 0.1) is 6.20 Å². The molecular formula is C31H33F2N5O3. The fourth-order valence-electron chi connectivity index (χ4n) is 5.47. The first-order valence-electron chi connectivity index (χ1n) is 13.6. The number of aliphatic hydroxyl groups excluding tert-OH is 1. The van der Waals surface area contributed by atoms with E-state index in [9.17, 15) is 18.7 Å². The molecule has 0 bridgehead atoms. The second-order valence-corrected chi connectivity index (χ2v) is 10.3. The van der Waals surface area contributed by atoms with E-state index in [1.165, 1.54) is 12.3 Å². The largest absolute Gasteiger partial charge is 0.433 e. The van der Waals surface area contributed by atoms with Crippen LogP contribution < -0.4 is 20.7 Å². The summed E-state index contributed by atoms with van der Waals surface area (Å²) < 4.78 is 29.3. The van der Waals surface area contributed by atoms with Crippen molar-refractivity contribution in [2.24, 2.45) is 22.6 Å². The molecule has 3 aromatic rings. The fraction of sp³-hybridized carbons (Fsp3) is 0.323. The maximum Gasteiger partial charge on any atom is 0.387 e. The van der Waals surface area contributed by atoms with E-state index in [1.54, 1.807) is 13.0 Å². The number of anilines is 1. The summed E-state index contributed by atoms with van der Waals surface area (Å²) in [7, 11) is 0. The van der Waals surface area contributed by atoms with Crippen LogP contribution in [0.2, 0.25) is 0 Å². The van der Waals surface area contributed by atoms with Gasteiger partial charge in [-0.25, -0.2) is 4.98 Å². The minimum atomic E-state index is -2.90. The van der Waals surface area contributed by atoms with Crippen LogP contribution in [-0.4, -0.2) is 47.6 Å². The van der Waals surface area contributed by atoms with E-state index in [1.807, 2.05) is 60.7 Å². The first kappa shape index (κ1) is 28.2. The summed E-state index contributed by atoms with van der Waals surface area (Å²) in [6.45, 7) is 0.188. The maximum atomic E-state index is 12.7. The Labute approximate surface area is 237 Å². The van der Waals surface area contributed by atoms with Gasteiger partial charge < -0.3 is 25.8 Å². The van der Waals surface area contributed by atoms with Gasteiger partial charge in [-0.1, -0.05) is 67.6 Å². The molecule has 0 radical (unpaired) electrons. The molecule has 41 heavy (non-hydrogen) atoms. The first-order chi connectivity index (χ1) is 19.8. The van der Waals surface area contributed by atoms with Crippen LogP contribution in [0.4, 0.5) is 14.6 Å². The number of hydrogen-bond donors (Lipinski definition) is 3. The zero-order chi connectivity index (χ0) is 28.9. The lowest BCUT2D eigenvalue weighted by Gasteiger charge is -2.36. The van der Waals surface area contributed by atoms with Crippen molar-refractivity contribution in [1.82, 2.24) is 10.3 Å². The number of ether oxygens (including phenoxy) is 1. The van der Waals surface area contributed by atoms with Crippen LogP contribution in [0.1, 0.15) is 36.9 Å². The quantitative estimate of drug-likeness (QED) is 0.394. The van der Waals surface area contributed by atoms with E-state index in [4.69, 9.17) is 10.7 Å². The third-order valence-corrected chi connectivity index (χ3v) is 7.70. The number of nitrogens with two attached hydrogens (primary N) is 1. The number of amides is 1. The molecular weight excluding hydrogens is 528 g/mol. The lowest BCUT2D eigenvalue weighted by atomic mass is 9.82. The Morgan fingerprint density at radius 1 is 1.05 bits per heavy atom. The Bertz CT molecular complexity index is 1350. The highest BCUT2D eigenvalue weighted by Gasteiger charge is 2.38. The van der Waals surface area contributed by atoms with Crippen LogP contribution in [0.5, 0.6) is 5.75 Å². The molecule has 0 unspecified atom stereocenters. The number of aliphatic hydroxyl groups is 1. The molecule has 2 aliphatic rings. The van der Waals surface area contributed by atoms with Gasteiger partial charge in [0.1, 0.15) is 29.5 Å². The number of hydrogen-bond acceptors (Lipinski definition) is 7. The summed E-state index contributed by atoms with van der Waals surface area (Å²) >= 11 is 0. The Hall–Kier alpha value is -4.31. The first-order valence-corrected chi connectivity index (χ1v) is 13.6.